The van der Waals surface area contributed by atoms with E-state index in [9.17, 15) is 4.39 Å². The van der Waals surface area contributed by atoms with E-state index < -0.39 is 0 Å². The van der Waals surface area contributed by atoms with Crippen LogP contribution in [0.5, 0.6) is 5.75 Å². The zero-order valence-electron chi connectivity index (χ0n) is 10.8. The van der Waals surface area contributed by atoms with Crippen LogP contribution in [0.3, 0.4) is 0 Å². The minimum Gasteiger partial charge on any atom is -0.490 e. The summed E-state index contributed by atoms with van der Waals surface area (Å²) in [7, 11) is 0. The van der Waals surface area contributed by atoms with Crippen LogP contribution in [-0.4, -0.2) is 31.1 Å². The number of nitrogen functional groups attached to an aromatic ring is 1. The van der Waals surface area contributed by atoms with Crippen LogP contribution in [0.15, 0.2) is 12.1 Å². The van der Waals surface area contributed by atoms with Crippen molar-refractivity contribution in [2.24, 2.45) is 0 Å². The van der Waals surface area contributed by atoms with Gasteiger partial charge in [-0.25, -0.2) is 4.39 Å². The van der Waals surface area contributed by atoms with Gasteiger partial charge in [0.25, 0.3) is 0 Å². The standard InChI is InChI=1S/C13H21FN2O/c1-4-16(5-2)6-7-17-13-8-10(3)11(14)9-12(13)15/h8-9H,4-7,15H2,1-3H3. The van der Waals surface area contributed by atoms with Gasteiger partial charge in [0, 0.05) is 12.6 Å². The summed E-state index contributed by atoms with van der Waals surface area (Å²) in [6.45, 7) is 9.33. The first-order chi connectivity index (χ1) is 8.08. The third-order valence-corrected chi connectivity index (χ3v) is 2.85. The fourth-order valence-electron chi connectivity index (χ4n) is 1.62. The summed E-state index contributed by atoms with van der Waals surface area (Å²) < 4.78 is 18.7. The van der Waals surface area contributed by atoms with E-state index in [4.69, 9.17) is 10.5 Å². The van der Waals surface area contributed by atoms with Crippen LogP contribution in [-0.2, 0) is 0 Å². The van der Waals surface area contributed by atoms with Crippen molar-refractivity contribution in [3.05, 3.63) is 23.5 Å². The molecule has 2 N–H and O–H groups in total. The van der Waals surface area contributed by atoms with Gasteiger partial charge in [0.1, 0.15) is 18.2 Å². The first kappa shape index (κ1) is 13.8. The van der Waals surface area contributed by atoms with Gasteiger partial charge in [0.15, 0.2) is 0 Å². The van der Waals surface area contributed by atoms with Crippen molar-refractivity contribution in [3.63, 3.8) is 0 Å². The molecule has 0 aliphatic rings. The lowest BCUT2D eigenvalue weighted by Crippen LogP contribution is -2.28. The minimum absolute atomic E-state index is 0.293. The number of nitrogens with zero attached hydrogens (tertiary/aromatic N) is 1. The van der Waals surface area contributed by atoms with Gasteiger partial charge >= 0.3 is 0 Å². The second-order valence-corrected chi connectivity index (χ2v) is 4.01. The maximum Gasteiger partial charge on any atom is 0.142 e. The first-order valence-corrected chi connectivity index (χ1v) is 5.99. The van der Waals surface area contributed by atoms with Crippen molar-refractivity contribution in [1.82, 2.24) is 4.90 Å². The molecule has 1 rings (SSSR count). The summed E-state index contributed by atoms with van der Waals surface area (Å²) >= 11 is 0. The number of anilines is 1. The van der Waals surface area contributed by atoms with E-state index in [1.165, 1.54) is 6.07 Å². The third-order valence-electron chi connectivity index (χ3n) is 2.85. The first-order valence-electron chi connectivity index (χ1n) is 5.99. The summed E-state index contributed by atoms with van der Waals surface area (Å²) in [6.07, 6.45) is 0. The molecule has 0 amide bonds. The fraction of sp³-hybridized carbons (Fsp3) is 0.538. The van der Waals surface area contributed by atoms with E-state index in [0.717, 1.165) is 19.6 Å². The summed E-state index contributed by atoms with van der Waals surface area (Å²) in [5.74, 6) is 0.273. The smallest absolute Gasteiger partial charge is 0.142 e. The van der Waals surface area contributed by atoms with Crippen molar-refractivity contribution in [3.8, 4) is 5.75 Å². The van der Waals surface area contributed by atoms with Crippen molar-refractivity contribution < 1.29 is 9.13 Å². The molecule has 0 radical (unpaired) electrons. The minimum atomic E-state index is -0.293. The average molecular weight is 240 g/mol. The maximum absolute atomic E-state index is 13.2. The fourth-order valence-corrected chi connectivity index (χ4v) is 1.62. The Hall–Kier alpha value is -1.29. The molecule has 0 saturated heterocycles. The Bertz CT molecular complexity index is 365. The molecule has 1 aromatic carbocycles. The molecule has 0 fully saturated rings. The van der Waals surface area contributed by atoms with Crippen LogP contribution in [0.1, 0.15) is 19.4 Å². The molecule has 0 aromatic heterocycles. The van der Waals surface area contributed by atoms with Crippen LogP contribution in [0.25, 0.3) is 0 Å². The van der Waals surface area contributed by atoms with Gasteiger partial charge in [-0.05, 0) is 31.6 Å². The number of hydrogen-bond donors (Lipinski definition) is 1. The number of aryl methyl sites for hydroxylation is 1. The van der Waals surface area contributed by atoms with Crippen molar-refractivity contribution in [1.29, 1.82) is 0 Å². The Kier molecular flexibility index (Phi) is 5.22. The van der Waals surface area contributed by atoms with Gasteiger partial charge in [-0.15, -0.1) is 0 Å². The molecule has 1 aromatic rings. The molecular weight excluding hydrogens is 219 g/mol. The van der Waals surface area contributed by atoms with Gasteiger partial charge in [-0.1, -0.05) is 13.8 Å². The summed E-state index contributed by atoms with van der Waals surface area (Å²) in [6, 6.07) is 2.95. The van der Waals surface area contributed by atoms with Crippen LogP contribution < -0.4 is 10.5 Å². The Morgan fingerprint density at radius 2 is 1.94 bits per heavy atom. The lowest BCUT2D eigenvalue weighted by molar-refractivity contribution is 0.223. The Morgan fingerprint density at radius 1 is 1.29 bits per heavy atom. The largest absolute Gasteiger partial charge is 0.490 e. The van der Waals surface area contributed by atoms with Crippen molar-refractivity contribution in [2.45, 2.75) is 20.8 Å². The zero-order chi connectivity index (χ0) is 12.8. The lowest BCUT2D eigenvalue weighted by Gasteiger charge is -2.18. The molecule has 4 heteroatoms. The maximum atomic E-state index is 13.2. The highest BCUT2D eigenvalue weighted by atomic mass is 19.1. The van der Waals surface area contributed by atoms with Crippen LogP contribution in [0, 0.1) is 12.7 Å². The number of nitrogens with two attached hydrogens (primary N) is 1. The lowest BCUT2D eigenvalue weighted by atomic mass is 10.2. The van der Waals surface area contributed by atoms with Gasteiger partial charge in [0.05, 0.1) is 5.69 Å². The number of halogens is 1. The molecule has 0 saturated carbocycles. The quantitative estimate of drug-likeness (QED) is 0.776. The van der Waals surface area contributed by atoms with Crippen molar-refractivity contribution in [2.75, 3.05) is 32.0 Å². The molecule has 0 bridgehead atoms. The number of benzene rings is 1. The van der Waals surface area contributed by atoms with E-state index >= 15 is 0 Å². The van der Waals surface area contributed by atoms with Crippen molar-refractivity contribution >= 4 is 5.69 Å². The second kappa shape index (κ2) is 6.45. The number of likely N-dealkylation sites (N-methyl/N-ethyl adjacent to an activating group) is 1. The summed E-state index contributed by atoms with van der Waals surface area (Å²) in [4.78, 5) is 2.26. The van der Waals surface area contributed by atoms with E-state index in [1.54, 1.807) is 13.0 Å². The van der Waals surface area contributed by atoms with Gasteiger partial charge < -0.3 is 15.4 Å². The van der Waals surface area contributed by atoms with Gasteiger partial charge in [-0.3, -0.25) is 0 Å². The molecule has 0 spiro atoms. The Balaban J connectivity index is 2.55. The topological polar surface area (TPSA) is 38.5 Å². The Labute approximate surface area is 102 Å². The van der Waals surface area contributed by atoms with Gasteiger partial charge in [-0.2, -0.15) is 0 Å². The molecule has 0 aliphatic carbocycles. The summed E-state index contributed by atoms with van der Waals surface area (Å²) in [5, 5.41) is 0. The molecular formula is C13H21FN2O. The molecule has 0 atom stereocenters. The van der Waals surface area contributed by atoms with E-state index in [-0.39, 0.29) is 5.82 Å². The predicted molar refractivity (Wildman–Crippen MR) is 68.8 cm³/mol. The normalized spacial score (nSPS) is 10.9. The van der Waals surface area contributed by atoms with Crippen LogP contribution in [0.2, 0.25) is 0 Å². The number of ether oxygens (including phenoxy) is 1. The third kappa shape index (κ3) is 3.89. The van der Waals surface area contributed by atoms with Crippen LogP contribution in [0.4, 0.5) is 10.1 Å². The highest BCUT2D eigenvalue weighted by molar-refractivity contribution is 5.54. The SMILES string of the molecule is CCN(CC)CCOc1cc(C)c(F)cc1N. The monoisotopic (exact) mass is 240 g/mol. The van der Waals surface area contributed by atoms with E-state index in [1.807, 2.05) is 0 Å². The zero-order valence-corrected chi connectivity index (χ0v) is 10.8. The predicted octanol–water partition coefficient (Wildman–Crippen LogP) is 2.44. The molecule has 0 unspecified atom stereocenters. The molecule has 3 nitrogen and oxygen atoms in total. The molecule has 17 heavy (non-hydrogen) atoms. The number of rotatable bonds is 6. The highest BCUT2D eigenvalue weighted by Gasteiger charge is 2.06. The second-order valence-electron chi connectivity index (χ2n) is 4.01. The van der Waals surface area contributed by atoms with Crippen LogP contribution >= 0.6 is 0 Å². The molecule has 0 aliphatic heterocycles. The summed E-state index contributed by atoms with van der Waals surface area (Å²) in [5.41, 5.74) is 6.60. The Morgan fingerprint density at radius 3 is 2.53 bits per heavy atom. The number of hydrogen-bond acceptors (Lipinski definition) is 3. The van der Waals surface area contributed by atoms with E-state index in [2.05, 4.69) is 18.7 Å². The van der Waals surface area contributed by atoms with E-state index in [0.29, 0.717) is 23.6 Å². The molecule has 96 valence electrons. The highest BCUT2D eigenvalue weighted by Crippen LogP contribution is 2.24. The van der Waals surface area contributed by atoms with Gasteiger partial charge in [0.2, 0.25) is 0 Å². The molecule has 0 heterocycles. The average Bonchev–Trinajstić information content (AvgIpc) is 2.31.